The number of rotatable bonds is 2. The third-order valence-corrected chi connectivity index (χ3v) is 3.89. The molecule has 84 valence electrons. The molecule has 0 radical (unpaired) electrons. The van der Waals surface area contributed by atoms with E-state index in [0.717, 1.165) is 0 Å². The third-order valence-electron chi connectivity index (χ3n) is 3.89. The molecule has 2 heteroatoms. The van der Waals surface area contributed by atoms with Crippen molar-refractivity contribution in [3.8, 4) is 5.75 Å². The Morgan fingerprint density at radius 1 is 1.06 bits per heavy atom. The minimum absolute atomic E-state index is 0.0110. The predicted octanol–water partition coefficient (Wildman–Crippen LogP) is 3.03. The maximum absolute atomic E-state index is 11.9. The Labute approximate surface area is 95.6 Å². The molecule has 0 aromatic heterocycles. The number of hydrogen-bond acceptors (Lipinski definition) is 2. The van der Waals surface area contributed by atoms with Crippen LogP contribution in [0.25, 0.3) is 0 Å². The van der Waals surface area contributed by atoms with Gasteiger partial charge < -0.3 is 4.74 Å². The van der Waals surface area contributed by atoms with Crippen LogP contribution in [0.5, 0.6) is 5.75 Å². The molecule has 2 aliphatic carbocycles. The molecule has 2 fully saturated rings. The summed E-state index contributed by atoms with van der Waals surface area (Å²) in [4.78, 5) is 11.9. The van der Waals surface area contributed by atoms with Crippen LogP contribution in [0.4, 0.5) is 0 Å². The lowest BCUT2D eigenvalue weighted by Gasteiger charge is -2.04. The van der Waals surface area contributed by atoms with Gasteiger partial charge in [-0.05, 0) is 36.8 Å². The zero-order valence-corrected chi connectivity index (χ0v) is 9.26. The van der Waals surface area contributed by atoms with Crippen LogP contribution in [0.2, 0.25) is 0 Å². The zero-order valence-electron chi connectivity index (χ0n) is 9.26. The highest BCUT2D eigenvalue weighted by molar-refractivity contribution is 5.78. The van der Waals surface area contributed by atoms with Crippen molar-refractivity contribution >= 4 is 5.97 Å². The fourth-order valence-corrected chi connectivity index (χ4v) is 3.01. The van der Waals surface area contributed by atoms with Gasteiger partial charge in [0, 0.05) is 0 Å². The summed E-state index contributed by atoms with van der Waals surface area (Å²) in [7, 11) is 0. The van der Waals surface area contributed by atoms with Crippen molar-refractivity contribution in [3.63, 3.8) is 0 Å². The van der Waals surface area contributed by atoms with Crippen LogP contribution in [0.3, 0.4) is 0 Å². The van der Waals surface area contributed by atoms with E-state index >= 15 is 0 Å². The minimum Gasteiger partial charge on any atom is -0.426 e. The predicted molar refractivity (Wildman–Crippen MR) is 61.0 cm³/mol. The Bertz CT molecular complexity index is 373. The fourth-order valence-electron chi connectivity index (χ4n) is 3.01. The highest BCUT2D eigenvalue weighted by Crippen LogP contribution is 2.55. The summed E-state index contributed by atoms with van der Waals surface area (Å²) in [5.74, 6) is 2.12. The summed E-state index contributed by atoms with van der Waals surface area (Å²) in [5.41, 5.74) is 0. The largest absolute Gasteiger partial charge is 0.426 e. The van der Waals surface area contributed by atoms with Gasteiger partial charge in [0.25, 0.3) is 0 Å². The summed E-state index contributed by atoms with van der Waals surface area (Å²) >= 11 is 0. The van der Waals surface area contributed by atoms with E-state index in [9.17, 15) is 4.79 Å². The maximum atomic E-state index is 11.9. The minimum atomic E-state index is -0.0110. The first kappa shape index (κ1) is 9.88. The van der Waals surface area contributed by atoms with Crippen LogP contribution in [0, 0.1) is 17.8 Å². The van der Waals surface area contributed by atoms with Gasteiger partial charge in [0.1, 0.15) is 5.75 Å². The molecule has 2 nitrogen and oxygen atoms in total. The summed E-state index contributed by atoms with van der Waals surface area (Å²) in [5, 5.41) is 0. The lowest BCUT2D eigenvalue weighted by molar-refractivity contribution is -0.136. The van der Waals surface area contributed by atoms with E-state index in [-0.39, 0.29) is 11.9 Å². The van der Waals surface area contributed by atoms with E-state index in [4.69, 9.17) is 4.74 Å². The van der Waals surface area contributed by atoms with Crippen LogP contribution in [0.1, 0.15) is 25.7 Å². The number of esters is 1. The molecule has 0 spiro atoms. The Morgan fingerprint density at radius 3 is 2.31 bits per heavy atom. The molecule has 0 N–H and O–H groups in total. The summed E-state index contributed by atoms with van der Waals surface area (Å²) in [6.45, 7) is 0. The molecule has 2 saturated carbocycles. The number of para-hydroxylation sites is 1. The average Bonchev–Trinajstić information content (AvgIpc) is 3.04. The molecule has 1 unspecified atom stereocenters. The molecule has 0 aliphatic heterocycles. The maximum Gasteiger partial charge on any atom is 0.314 e. The molecule has 3 atom stereocenters. The number of benzene rings is 1. The van der Waals surface area contributed by atoms with Crippen molar-refractivity contribution in [2.24, 2.45) is 17.8 Å². The Morgan fingerprint density at radius 2 is 1.69 bits per heavy atom. The average molecular weight is 216 g/mol. The summed E-state index contributed by atoms with van der Waals surface area (Å²) < 4.78 is 5.39. The smallest absolute Gasteiger partial charge is 0.314 e. The molecule has 0 saturated heterocycles. The lowest BCUT2D eigenvalue weighted by Crippen LogP contribution is -2.12. The summed E-state index contributed by atoms with van der Waals surface area (Å²) in [6.07, 6.45) is 5.02. The van der Waals surface area contributed by atoms with Crippen LogP contribution < -0.4 is 4.74 Å². The van der Waals surface area contributed by atoms with Gasteiger partial charge in [0.15, 0.2) is 0 Å². The van der Waals surface area contributed by atoms with Crippen LogP contribution in [-0.4, -0.2) is 5.97 Å². The standard InChI is InChI=1S/C14H16O2/c15-14(16-10-6-2-1-3-7-10)13-11-8-4-5-9-12(11)13/h1-3,6-7,11-13H,4-5,8-9H2/t11-,12+,13?. The number of hydrogen-bond donors (Lipinski definition) is 0. The molecule has 2 aliphatic rings. The van der Waals surface area contributed by atoms with Gasteiger partial charge in [-0.2, -0.15) is 0 Å². The first-order valence-corrected chi connectivity index (χ1v) is 6.13. The molecular formula is C14H16O2. The highest BCUT2D eigenvalue weighted by atomic mass is 16.5. The van der Waals surface area contributed by atoms with Crippen molar-refractivity contribution in [2.45, 2.75) is 25.7 Å². The second kappa shape index (κ2) is 3.93. The quantitative estimate of drug-likeness (QED) is 0.561. The van der Waals surface area contributed by atoms with Crippen molar-refractivity contribution in [1.29, 1.82) is 0 Å². The van der Waals surface area contributed by atoms with E-state index in [1.54, 1.807) is 0 Å². The number of carbonyl (C=O) groups is 1. The van der Waals surface area contributed by atoms with Crippen molar-refractivity contribution in [1.82, 2.24) is 0 Å². The molecule has 0 amide bonds. The molecule has 16 heavy (non-hydrogen) atoms. The van der Waals surface area contributed by atoms with Crippen LogP contribution in [0.15, 0.2) is 30.3 Å². The second-order valence-corrected chi connectivity index (χ2v) is 4.87. The molecular weight excluding hydrogens is 200 g/mol. The van der Waals surface area contributed by atoms with Gasteiger partial charge in [0.2, 0.25) is 0 Å². The van der Waals surface area contributed by atoms with E-state index in [2.05, 4.69) is 0 Å². The Kier molecular flexibility index (Phi) is 2.43. The van der Waals surface area contributed by atoms with E-state index < -0.39 is 0 Å². The molecule has 3 rings (SSSR count). The van der Waals surface area contributed by atoms with E-state index in [1.165, 1.54) is 25.7 Å². The first-order valence-electron chi connectivity index (χ1n) is 6.13. The Balaban J connectivity index is 1.63. The lowest BCUT2D eigenvalue weighted by atomic mass is 10.0. The topological polar surface area (TPSA) is 26.3 Å². The highest BCUT2D eigenvalue weighted by Gasteiger charge is 2.55. The molecule has 1 aromatic carbocycles. The van der Waals surface area contributed by atoms with Gasteiger partial charge in [-0.1, -0.05) is 31.0 Å². The normalized spacial score (nSPS) is 31.6. The van der Waals surface area contributed by atoms with Gasteiger partial charge in [-0.3, -0.25) is 4.79 Å². The number of ether oxygens (including phenoxy) is 1. The van der Waals surface area contributed by atoms with E-state index in [1.807, 2.05) is 30.3 Å². The van der Waals surface area contributed by atoms with Gasteiger partial charge >= 0.3 is 5.97 Å². The first-order chi connectivity index (χ1) is 7.86. The number of carbonyl (C=O) groups excluding carboxylic acids is 1. The van der Waals surface area contributed by atoms with Crippen LogP contribution in [-0.2, 0) is 4.79 Å². The SMILES string of the molecule is O=C(Oc1ccccc1)C1[C@H]2CCCC[C@@H]12. The number of fused-ring (bicyclic) bond motifs is 1. The third kappa shape index (κ3) is 1.73. The van der Waals surface area contributed by atoms with Crippen molar-refractivity contribution in [3.05, 3.63) is 30.3 Å². The van der Waals surface area contributed by atoms with Crippen molar-refractivity contribution < 1.29 is 9.53 Å². The van der Waals surface area contributed by atoms with E-state index in [0.29, 0.717) is 17.6 Å². The second-order valence-electron chi connectivity index (χ2n) is 4.87. The van der Waals surface area contributed by atoms with Gasteiger partial charge in [-0.15, -0.1) is 0 Å². The van der Waals surface area contributed by atoms with Gasteiger partial charge in [-0.25, -0.2) is 0 Å². The molecule has 1 aromatic rings. The van der Waals surface area contributed by atoms with Crippen LogP contribution >= 0.6 is 0 Å². The fraction of sp³-hybridized carbons (Fsp3) is 0.500. The molecule has 0 heterocycles. The monoisotopic (exact) mass is 216 g/mol. The molecule has 0 bridgehead atoms. The summed E-state index contributed by atoms with van der Waals surface area (Å²) in [6, 6.07) is 9.38. The van der Waals surface area contributed by atoms with Gasteiger partial charge in [0.05, 0.1) is 5.92 Å². The zero-order chi connectivity index (χ0) is 11.0. The van der Waals surface area contributed by atoms with Crippen molar-refractivity contribution in [2.75, 3.05) is 0 Å². The Hall–Kier alpha value is -1.31.